The van der Waals surface area contributed by atoms with Gasteiger partial charge in [-0.1, -0.05) is 0 Å². The quantitative estimate of drug-likeness (QED) is 0.485. The molecule has 1 unspecified atom stereocenters. The predicted octanol–water partition coefficient (Wildman–Crippen LogP) is 3.98. The molecule has 1 heterocycles. The van der Waals surface area contributed by atoms with Crippen LogP contribution in [0, 0.1) is 11.3 Å². The van der Waals surface area contributed by atoms with Crippen LogP contribution in [0.5, 0.6) is 5.75 Å². The minimum absolute atomic E-state index is 0.0634. The molecule has 1 aromatic carbocycles. The third kappa shape index (κ3) is 3.81. The summed E-state index contributed by atoms with van der Waals surface area (Å²) in [4.78, 5) is 0. The molecular weight excluding hydrogens is 466 g/mol. The minimum atomic E-state index is -5.78. The van der Waals surface area contributed by atoms with Gasteiger partial charge in [0.1, 0.15) is 12.4 Å². The van der Waals surface area contributed by atoms with Crippen LogP contribution < -0.4 is 10.1 Å². The fourth-order valence-electron chi connectivity index (χ4n) is 4.86. The fourth-order valence-corrected chi connectivity index (χ4v) is 5.80. The van der Waals surface area contributed by atoms with E-state index in [1.54, 1.807) is 0 Å². The second-order valence-corrected chi connectivity index (χ2v) is 10.5. The molecule has 6 nitrogen and oxygen atoms in total. The summed E-state index contributed by atoms with van der Waals surface area (Å²) in [5.41, 5.74) is -7.27. The summed E-state index contributed by atoms with van der Waals surface area (Å²) < 4.78 is 116. The molecule has 4 aliphatic rings. The molecule has 180 valence electrons. The first-order valence-corrected chi connectivity index (χ1v) is 11.4. The molecule has 32 heavy (non-hydrogen) atoms. The lowest BCUT2D eigenvalue weighted by atomic mass is 9.42. The van der Waals surface area contributed by atoms with E-state index in [4.69, 9.17) is 9.47 Å². The lowest BCUT2D eigenvalue weighted by molar-refractivity contribution is -0.139. The first-order valence-electron chi connectivity index (χ1n) is 9.96. The molecule has 1 aromatic rings. The van der Waals surface area contributed by atoms with E-state index in [2.05, 4.69) is 5.32 Å². The molecule has 0 radical (unpaired) electrons. The summed E-state index contributed by atoms with van der Waals surface area (Å²) >= 11 is 0. The number of anilines is 1. The van der Waals surface area contributed by atoms with Crippen LogP contribution in [0.3, 0.4) is 0 Å². The number of alkyl halides is 6. The van der Waals surface area contributed by atoms with Crippen LogP contribution in [0.15, 0.2) is 12.1 Å². The van der Waals surface area contributed by atoms with Gasteiger partial charge in [0, 0.05) is 37.5 Å². The molecule has 13 heteroatoms. The summed E-state index contributed by atoms with van der Waals surface area (Å²) in [5, 5.41) is 3.05. The van der Waals surface area contributed by atoms with Crippen LogP contribution in [0.1, 0.15) is 30.4 Å². The van der Waals surface area contributed by atoms with Crippen molar-refractivity contribution in [3.8, 4) is 5.75 Å². The van der Waals surface area contributed by atoms with Crippen molar-refractivity contribution in [1.82, 2.24) is 4.31 Å². The van der Waals surface area contributed by atoms with Crippen LogP contribution in [-0.4, -0.2) is 51.1 Å². The van der Waals surface area contributed by atoms with Gasteiger partial charge < -0.3 is 14.8 Å². The van der Waals surface area contributed by atoms with Gasteiger partial charge in [-0.05, 0) is 42.7 Å². The lowest BCUT2D eigenvalue weighted by Gasteiger charge is -2.65. The molecule has 0 amide bonds. The molecule has 0 aromatic heterocycles. The molecule has 3 fully saturated rings. The number of hydrogen-bond acceptors (Lipinski definition) is 5. The fraction of sp³-hybridized carbons (Fsp3) is 0.684. The van der Waals surface area contributed by atoms with Crippen LogP contribution in [0.25, 0.3) is 0 Å². The highest BCUT2D eigenvalue weighted by atomic mass is 32.2. The zero-order valence-corrected chi connectivity index (χ0v) is 17.8. The van der Waals surface area contributed by atoms with Crippen molar-refractivity contribution in [3.63, 3.8) is 0 Å². The predicted molar refractivity (Wildman–Crippen MR) is 101 cm³/mol. The second kappa shape index (κ2) is 7.66. The third-order valence-electron chi connectivity index (χ3n) is 6.61. The first kappa shape index (κ1) is 23.4. The Morgan fingerprint density at radius 3 is 2.28 bits per heavy atom. The number of ether oxygens (including phenoxy) is 2. The summed E-state index contributed by atoms with van der Waals surface area (Å²) in [6.45, 7) is -1.75. The Morgan fingerprint density at radius 1 is 1.12 bits per heavy atom. The van der Waals surface area contributed by atoms with Crippen LogP contribution in [-0.2, 0) is 27.5 Å². The zero-order chi connectivity index (χ0) is 23.5. The van der Waals surface area contributed by atoms with Gasteiger partial charge in [-0.15, -0.1) is 0 Å². The van der Waals surface area contributed by atoms with E-state index < -0.39 is 52.2 Å². The molecule has 3 saturated carbocycles. The standard InChI is InChI=1S/C19H22F6N2O4S/c1-30-4-5-31-16-12-9-27(32(28,29)19(23,24)25)10-15(17-6-11(7-17)8-17)26-14(12)3-2-13(16)18(20,21)22/h2-3,11,15,26H,4-10H2,1H3. The maximum atomic E-state index is 13.6. The topological polar surface area (TPSA) is 67.9 Å². The van der Waals surface area contributed by atoms with Gasteiger partial charge in [-0.2, -0.15) is 30.6 Å². The summed E-state index contributed by atoms with van der Waals surface area (Å²) in [7, 11) is -4.47. The average Bonchev–Trinajstić information content (AvgIpc) is 2.77. The smallest absolute Gasteiger partial charge is 0.490 e. The summed E-state index contributed by atoms with van der Waals surface area (Å²) in [6, 6.07) is 1.26. The SMILES string of the molecule is COCCOc1c(C(F)(F)F)ccc2c1CN(S(=O)(=O)C(F)(F)F)CC(C13CC(C1)C3)N2. The zero-order valence-electron chi connectivity index (χ0n) is 17.0. The van der Waals surface area contributed by atoms with Gasteiger partial charge >= 0.3 is 21.7 Å². The van der Waals surface area contributed by atoms with Gasteiger partial charge in [0.2, 0.25) is 0 Å². The Labute approximate surface area is 180 Å². The number of benzene rings is 1. The third-order valence-corrected chi connectivity index (χ3v) is 8.15. The monoisotopic (exact) mass is 488 g/mol. The van der Waals surface area contributed by atoms with Crippen molar-refractivity contribution in [3.05, 3.63) is 23.3 Å². The minimum Gasteiger partial charge on any atom is -0.490 e. The number of nitrogens with one attached hydrogen (secondary N) is 1. The number of rotatable bonds is 6. The molecule has 1 aliphatic heterocycles. The number of sulfonamides is 1. The molecule has 1 atom stereocenters. The van der Waals surface area contributed by atoms with E-state index in [9.17, 15) is 34.8 Å². The number of hydrogen-bond donors (Lipinski definition) is 1. The van der Waals surface area contributed by atoms with Gasteiger partial charge in [-0.3, -0.25) is 0 Å². The largest absolute Gasteiger partial charge is 0.511 e. The van der Waals surface area contributed by atoms with Crippen molar-refractivity contribution in [2.24, 2.45) is 11.3 Å². The van der Waals surface area contributed by atoms with E-state index in [0.717, 1.165) is 31.4 Å². The van der Waals surface area contributed by atoms with E-state index in [1.807, 2.05) is 0 Å². The maximum absolute atomic E-state index is 13.6. The molecular formula is C19H22F6N2O4S. The normalized spacial score (nSPS) is 28.1. The highest BCUT2D eigenvalue weighted by Gasteiger charge is 2.62. The van der Waals surface area contributed by atoms with Gasteiger partial charge in [0.25, 0.3) is 0 Å². The van der Waals surface area contributed by atoms with Crippen molar-refractivity contribution in [1.29, 1.82) is 0 Å². The Balaban J connectivity index is 1.81. The number of fused-ring (bicyclic) bond motifs is 1. The highest BCUT2D eigenvalue weighted by Crippen LogP contribution is 2.67. The van der Waals surface area contributed by atoms with E-state index in [0.29, 0.717) is 5.92 Å². The molecule has 0 spiro atoms. The molecule has 2 bridgehead atoms. The molecule has 3 aliphatic carbocycles. The molecule has 5 rings (SSSR count). The van der Waals surface area contributed by atoms with Gasteiger partial charge in [-0.25, -0.2) is 8.42 Å². The van der Waals surface area contributed by atoms with Gasteiger partial charge in [0.15, 0.2) is 0 Å². The number of nitrogens with zero attached hydrogens (tertiary/aromatic N) is 1. The first-order chi connectivity index (χ1) is 14.8. The van der Waals surface area contributed by atoms with Crippen molar-refractivity contribution >= 4 is 15.7 Å². The van der Waals surface area contributed by atoms with E-state index in [1.165, 1.54) is 7.11 Å². The van der Waals surface area contributed by atoms with E-state index >= 15 is 0 Å². The Hall–Kier alpha value is -1.73. The highest BCUT2D eigenvalue weighted by molar-refractivity contribution is 7.89. The number of halogens is 6. The Kier molecular flexibility index (Phi) is 5.61. The lowest BCUT2D eigenvalue weighted by Crippen LogP contribution is -2.63. The van der Waals surface area contributed by atoms with Crippen LogP contribution in [0.2, 0.25) is 0 Å². The molecule has 0 saturated heterocycles. The van der Waals surface area contributed by atoms with E-state index in [-0.39, 0.29) is 34.2 Å². The van der Waals surface area contributed by atoms with Crippen molar-refractivity contribution < 1.29 is 44.2 Å². The van der Waals surface area contributed by atoms with Crippen LogP contribution in [0.4, 0.5) is 32.0 Å². The molecule has 1 N–H and O–H groups in total. The van der Waals surface area contributed by atoms with Crippen molar-refractivity contribution in [2.45, 2.75) is 43.5 Å². The second-order valence-electron chi connectivity index (χ2n) is 8.59. The van der Waals surface area contributed by atoms with Crippen LogP contribution >= 0.6 is 0 Å². The summed E-state index contributed by atoms with van der Waals surface area (Å²) in [5.74, 6) is -0.229. The maximum Gasteiger partial charge on any atom is 0.511 e. The van der Waals surface area contributed by atoms with Crippen molar-refractivity contribution in [2.75, 3.05) is 32.2 Å². The average molecular weight is 488 g/mol. The Morgan fingerprint density at radius 2 is 1.78 bits per heavy atom. The summed E-state index contributed by atoms with van der Waals surface area (Å²) in [6.07, 6.45) is -2.61. The van der Waals surface area contributed by atoms with Gasteiger partial charge in [0.05, 0.1) is 12.2 Å². The number of methoxy groups -OCH3 is 1. The Bertz CT molecular complexity index is 978.